The lowest BCUT2D eigenvalue weighted by atomic mass is 9.89. The first-order valence-electron chi connectivity index (χ1n) is 23.2. The molecule has 1 aliphatic carbocycles. The molecule has 0 N–H and O–H groups in total. The predicted octanol–water partition coefficient (Wildman–Crippen LogP) is 12.6. The number of nitriles is 2. The summed E-state index contributed by atoms with van der Waals surface area (Å²) in [4.78, 5) is -0.885. The Kier molecular flexibility index (Phi) is 16.7. The molecule has 0 aromatic heterocycles. The summed E-state index contributed by atoms with van der Waals surface area (Å²) < 4.78 is 143. The number of benzene rings is 8. The topological polar surface area (TPSA) is 221 Å². The Hall–Kier alpha value is -6.34. The third-order valence-corrected chi connectivity index (χ3v) is 19.3. The monoisotopic (exact) mass is 1370 g/mol. The molecule has 0 unspecified atom stereocenters. The molecule has 0 atom stereocenters. The first-order chi connectivity index (χ1) is 37.1. The highest BCUT2D eigenvalue weighted by atomic mass is 79.9. The van der Waals surface area contributed by atoms with Crippen molar-refractivity contribution in [3.8, 4) is 35.1 Å². The van der Waals surface area contributed by atoms with Crippen molar-refractivity contribution in [2.24, 2.45) is 0 Å². The number of halogens is 4. The van der Waals surface area contributed by atoms with E-state index in [2.05, 4.69) is 75.9 Å². The molecule has 0 fully saturated rings. The van der Waals surface area contributed by atoms with E-state index in [1.807, 2.05) is 0 Å². The van der Waals surface area contributed by atoms with E-state index in [0.29, 0.717) is 29.0 Å². The molecule has 0 amide bonds. The van der Waals surface area contributed by atoms with E-state index in [9.17, 15) is 44.2 Å². The van der Waals surface area contributed by atoms with Gasteiger partial charge in [-0.05, 0) is 108 Å². The lowest BCUT2D eigenvalue weighted by Crippen LogP contribution is -2.17. The van der Waals surface area contributed by atoms with Crippen LogP contribution in [0.2, 0.25) is 0 Å². The van der Waals surface area contributed by atoms with Gasteiger partial charge in [-0.25, -0.2) is 0 Å². The van der Waals surface area contributed by atoms with Crippen molar-refractivity contribution in [1.82, 2.24) is 0 Å². The van der Waals surface area contributed by atoms with E-state index < -0.39 is 40.5 Å². The summed E-state index contributed by atoms with van der Waals surface area (Å²) in [6.07, 6.45) is -1.60. The van der Waals surface area contributed by atoms with Crippen LogP contribution in [0.25, 0.3) is 0 Å². The van der Waals surface area contributed by atoms with E-state index in [4.69, 9.17) is 16.7 Å². The van der Waals surface area contributed by atoms with Crippen molar-refractivity contribution in [3.63, 3.8) is 0 Å². The highest BCUT2D eigenvalue weighted by molar-refractivity contribution is 9.11. The summed E-state index contributed by atoms with van der Waals surface area (Å²) in [6, 6.07) is 42.9. The number of fused-ring (bicyclic) bond motifs is 8. The van der Waals surface area contributed by atoms with E-state index in [1.165, 1.54) is 97.1 Å². The maximum absolute atomic E-state index is 14.5. The second-order valence-electron chi connectivity index (χ2n) is 17.6. The first kappa shape index (κ1) is 56.4. The summed E-state index contributed by atoms with van der Waals surface area (Å²) in [5, 5.41) is 20.3. The Morgan fingerprint density at radius 3 is 0.744 bits per heavy atom. The van der Waals surface area contributed by atoms with Gasteiger partial charge in [0.05, 0.1) is 25.0 Å². The summed E-state index contributed by atoms with van der Waals surface area (Å²) in [6.45, 7) is 0. The van der Waals surface area contributed by atoms with Gasteiger partial charge in [0, 0.05) is 88.1 Å². The zero-order valence-electron chi connectivity index (χ0n) is 40.2. The van der Waals surface area contributed by atoms with Crippen molar-refractivity contribution in [2.75, 3.05) is 0 Å². The van der Waals surface area contributed by atoms with Gasteiger partial charge in [-0.15, -0.1) is 0 Å². The fraction of sp³-hybridized carbons (Fsp3) is 0.107. The van der Waals surface area contributed by atoms with Crippen LogP contribution in [0.3, 0.4) is 0 Å². The fourth-order valence-corrected chi connectivity index (χ4v) is 13.7. The van der Waals surface area contributed by atoms with Crippen LogP contribution in [0.1, 0.15) is 55.6 Å². The average Bonchev–Trinajstić information content (AvgIpc) is 3.49. The Balaban J connectivity index is 1.36. The number of para-hydroxylation sites is 2. The minimum atomic E-state index is -4.68. The minimum absolute atomic E-state index is 0.151. The lowest BCUT2D eigenvalue weighted by molar-refractivity contribution is 0.478. The molecule has 8 bridgehead atoms. The molecule has 0 spiro atoms. The normalized spacial score (nSPS) is 12.6. The van der Waals surface area contributed by atoms with Crippen molar-refractivity contribution < 1.29 is 50.4 Å². The van der Waals surface area contributed by atoms with Crippen LogP contribution in [-0.2, 0) is 79.0 Å². The van der Waals surface area contributed by atoms with Crippen LogP contribution in [0.5, 0.6) is 23.0 Å². The molecule has 78 heavy (non-hydrogen) atoms. The molecule has 0 saturated carbocycles. The van der Waals surface area contributed by atoms with E-state index in [1.54, 1.807) is 60.7 Å². The van der Waals surface area contributed by atoms with Gasteiger partial charge in [-0.3, -0.25) is 0 Å². The molecule has 1 aliphatic rings. The lowest BCUT2D eigenvalue weighted by Gasteiger charge is -2.23. The largest absolute Gasteiger partial charge is 0.378 e. The van der Waals surface area contributed by atoms with Crippen LogP contribution in [0.15, 0.2) is 195 Å². The molecule has 9 rings (SSSR count). The summed E-state index contributed by atoms with van der Waals surface area (Å²) >= 11 is 13.4. The Morgan fingerprint density at radius 2 is 0.538 bits per heavy atom. The van der Waals surface area contributed by atoms with Crippen LogP contribution in [0.4, 0.5) is 0 Å². The van der Waals surface area contributed by atoms with Crippen LogP contribution in [0, 0.1) is 22.7 Å². The van der Waals surface area contributed by atoms with Gasteiger partial charge in [-0.2, -0.15) is 44.2 Å². The molecular formula is C56H38Br4N2O12S4. The average molecular weight is 1380 g/mol. The van der Waals surface area contributed by atoms with E-state index in [0.717, 1.165) is 0 Å². The maximum atomic E-state index is 14.5. The van der Waals surface area contributed by atoms with Crippen LogP contribution in [-0.4, -0.2) is 33.7 Å². The van der Waals surface area contributed by atoms with Gasteiger partial charge in [0.25, 0.3) is 0 Å². The molecular weight excluding hydrogens is 1340 g/mol. The minimum Gasteiger partial charge on any atom is -0.378 e. The second kappa shape index (κ2) is 23.2. The van der Waals surface area contributed by atoms with E-state index >= 15 is 0 Å². The predicted molar refractivity (Wildman–Crippen MR) is 303 cm³/mol. The summed E-state index contributed by atoms with van der Waals surface area (Å²) in [7, 11) is -18.7. The fourth-order valence-electron chi connectivity index (χ4n) is 8.68. The summed E-state index contributed by atoms with van der Waals surface area (Å²) in [5.41, 5.74) is 2.10. The third-order valence-electron chi connectivity index (χ3n) is 12.2. The van der Waals surface area contributed by atoms with Crippen molar-refractivity contribution >= 4 is 104 Å². The summed E-state index contributed by atoms with van der Waals surface area (Å²) in [5.74, 6) is -0.860. The van der Waals surface area contributed by atoms with Crippen molar-refractivity contribution in [3.05, 3.63) is 231 Å². The smallest absolute Gasteiger partial charge is 0.339 e. The highest BCUT2D eigenvalue weighted by Crippen LogP contribution is 2.43. The zero-order chi connectivity index (χ0) is 55.6. The molecule has 14 nitrogen and oxygen atoms in total. The SMILES string of the molecule is N#CCc1cc2c(OS(=O)(=O)c3ccc(Br)cc3)c(c1)Cc1cccc(c1OS(=O)(=O)c1ccc(Br)cc1)Cc1cc(CC#N)cc(c1OS(=O)(=O)c1ccc(Br)cc1)Cc1cccc(c1OS(=O)(=O)c1ccc(Br)cc1)C2. The van der Waals surface area contributed by atoms with Crippen molar-refractivity contribution in [1.29, 1.82) is 10.5 Å². The third kappa shape index (κ3) is 12.9. The first-order valence-corrected chi connectivity index (χ1v) is 32.0. The van der Waals surface area contributed by atoms with Gasteiger partial charge in [-0.1, -0.05) is 124 Å². The molecule has 0 radical (unpaired) electrons. The van der Waals surface area contributed by atoms with Crippen molar-refractivity contribution in [2.45, 2.75) is 58.1 Å². The van der Waals surface area contributed by atoms with Crippen LogP contribution < -0.4 is 16.7 Å². The maximum Gasteiger partial charge on any atom is 0.339 e. The van der Waals surface area contributed by atoms with Gasteiger partial charge in [0.1, 0.15) is 42.6 Å². The molecule has 22 heteroatoms. The molecule has 8 aromatic carbocycles. The van der Waals surface area contributed by atoms with Gasteiger partial charge in [0.2, 0.25) is 0 Å². The molecule has 8 aromatic rings. The molecule has 0 saturated heterocycles. The number of rotatable bonds is 14. The van der Waals surface area contributed by atoms with Crippen LogP contribution >= 0.6 is 63.7 Å². The number of hydrogen-bond acceptors (Lipinski definition) is 14. The zero-order valence-corrected chi connectivity index (χ0v) is 49.8. The molecule has 0 heterocycles. The van der Waals surface area contributed by atoms with Gasteiger partial charge in [0.15, 0.2) is 0 Å². The van der Waals surface area contributed by atoms with E-state index in [-0.39, 0.29) is 126 Å². The van der Waals surface area contributed by atoms with Gasteiger partial charge >= 0.3 is 40.5 Å². The molecule has 0 aliphatic heterocycles. The second-order valence-corrected chi connectivity index (χ2v) is 27.5. The van der Waals surface area contributed by atoms with Gasteiger partial charge < -0.3 is 16.7 Å². The quantitative estimate of drug-likeness (QED) is 0.0925. The number of nitrogens with zero attached hydrogens (tertiary/aromatic N) is 2. The Morgan fingerprint density at radius 1 is 0.333 bits per heavy atom. The Bertz CT molecular complexity index is 3850. The number of hydrogen-bond donors (Lipinski definition) is 0. The highest BCUT2D eigenvalue weighted by Gasteiger charge is 2.31. The molecule has 396 valence electrons. The standard InChI is InChI=1S/C56H38Br4N2O12S4/c57-45-7-15-49(16-8-45)75(63,64)71-53-37-3-1-4-38(53)32-42-28-36(24-26-62)30-44(56(42)74-78(69,70)52-21-13-48(60)14-22-52)34-40-6-2-5-39(54(40)72-76(65,66)50-17-9-46(58)10-18-50)33-43-29-35(23-25-61)27-41(31-37)55(43)73-77(67,68)51-19-11-47(59)12-20-51/h1-22,27-30H,23-24,31-34H2. The Labute approximate surface area is 485 Å².